The second kappa shape index (κ2) is 8.98. The largest absolute Gasteiger partial charge is 0.489 e. The first kappa shape index (κ1) is 23.6. The van der Waals surface area contributed by atoms with Crippen LogP contribution in [0.3, 0.4) is 0 Å². The molecule has 1 N–H and O–H groups in total. The van der Waals surface area contributed by atoms with Gasteiger partial charge < -0.3 is 15.0 Å². The zero-order valence-corrected chi connectivity index (χ0v) is 21.9. The maximum Gasteiger partial charge on any atom is 0.267 e. The molecule has 1 aromatic carbocycles. The van der Waals surface area contributed by atoms with E-state index in [4.69, 9.17) is 4.74 Å². The number of nitrogens with zero attached hydrogens (tertiary/aromatic N) is 5. The van der Waals surface area contributed by atoms with Gasteiger partial charge in [0.1, 0.15) is 12.4 Å². The topological polar surface area (TPSA) is 96.1 Å². The number of pyridine rings is 1. The molecule has 2 aliphatic heterocycles. The van der Waals surface area contributed by atoms with Crippen LogP contribution in [0.4, 0.5) is 5.69 Å². The Hall–Kier alpha value is -3.74. The molecule has 0 unspecified atom stereocenters. The number of benzene rings is 1. The van der Waals surface area contributed by atoms with Crippen LogP contribution < -0.4 is 20.5 Å². The Kier molecular flexibility index (Phi) is 5.74. The Morgan fingerprint density at radius 3 is 2.89 bits per heavy atom. The minimum Gasteiger partial charge on any atom is -0.489 e. The van der Waals surface area contributed by atoms with E-state index in [1.165, 1.54) is 4.68 Å². The van der Waals surface area contributed by atoms with E-state index in [0.717, 1.165) is 62.7 Å². The summed E-state index contributed by atoms with van der Waals surface area (Å²) in [5.41, 5.74) is 5.25. The number of fused-ring (bicyclic) bond motifs is 2. The Balaban J connectivity index is 1.48. The number of anilines is 1. The molecule has 0 saturated carbocycles. The number of thiophene rings is 1. The van der Waals surface area contributed by atoms with Gasteiger partial charge in [0.15, 0.2) is 0 Å². The molecule has 3 aromatic heterocycles. The van der Waals surface area contributed by atoms with Crippen molar-refractivity contribution in [3.05, 3.63) is 69.1 Å². The quantitative estimate of drug-likeness (QED) is 0.440. The summed E-state index contributed by atoms with van der Waals surface area (Å²) < 4.78 is 8.61. The van der Waals surface area contributed by atoms with Crippen molar-refractivity contribution in [3.8, 4) is 22.9 Å². The molecule has 6 rings (SSSR count). The fourth-order valence-electron chi connectivity index (χ4n) is 5.43. The van der Waals surface area contributed by atoms with Crippen LogP contribution in [-0.2, 0) is 6.54 Å². The number of hydrogen-bond donors (Lipinski definition) is 1. The summed E-state index contributed by atoms with van der Waals surface area (Å²) in [4.78, 5) is 20.5. The average molecular weight is 513 g/mol. The van der Waals surface area contributed by atoms with E-state index in [-0.39, 0.29) is 11.1 Å². The molecule has 2 aliphatic rings. The Morgan fingerprint density at radius 2 is 2.14 bits per heavy atom. The van der Waals surface area contributed by atoms with Crippen molar-refractivity contribution in [2.24, 2.45) is 0 Å². The zero-order valence-electron chi connectivity index (χ0n) is 21.1. The maximum absolute atomic E-state index is 12.4. The number of nitrogens with one attached hydrogen (secondary N) is 1. The lowest BCUT2D eigenvalue weighted by Crippen LogP contribution is -2.42. The summed E-state index contributed by atoms with van der Waals surface area (Å²) in [5.74, 6) is 0.752. The van der Waals surface area contributed by atoms with Crippen molar-refractivity contribution < 1.29 is 4.74 Å². The highest BCUT2D eigenvalue weighted by molar-refractivity contribution is 7.19. The van der Waals surface area contributed by atoms with Gasteiger partial charge in [-0.15, -0.1) is 11.3 Å². The molecular weight excluding hydrogens is 484 g/mol. The molecule has 9 heteroatoms. The van der Waals surface area contributed by atoms with Crippen LogP contribution >= 0.6 is 11.3 Å². The van der Waals surface area contributed by atoms with Gasteiger partial charge in [-0.1, -0.05) is 0 Å². The summed E-state index contributed by atoms with van der Waals surface area (Å²) in [5, 5.41) is 17.7. The molecule has 0 aliphatic carbocycles. The van der Waals surface area contributed by atoms with Crippen molar-refractivity contribution in [2.45, 2.75) is 45.3 Å². The minimum absolute atomic E-state index is 0.0740. The first-order valence-corrected chi connectivity index (χ1v) is 13.3. The second-order valence-electron chi connectivity index (χ2n) is 10.5. The molecule has 8 nitrogen and oxygen atoms in total. The molecule has 0 radical (unpaired) electrons. The smallest absolute Gasteiger partial charge is 0.267 e. The lowest BCUT2D eigenvalue weighted by Gasteiger charge is -2.37. The summed E-state index contributed by atoms with van der Waals surface area (Å²) >= 11 is 1.61. The fourth-order valence-corrected chi connectivity index (χ4v) is 6.55. The van der Waals surface area contributed by atoms with Crippen molar-refractivity contribution in [1.29, 1.82) is 5.26 Å². The zero-order chi connectivity index (χ0) is 25.7. The van der Waals surface area contributed by atoms with Crippen molar-refractivity contribution in [1.82, 2.24) is 20.1 Å². The van der Waals surface area contributed by atoms with Crippen LogP contribution in [0, 0.1) is 18.3 Å². The molecule has 188 valence electrons. The Morgan fingerprint density at radius 1 is 1.27 bits per heavy atom. The van der Waals surface area contributed by atoms with Crippen LogP contribution in [0.25, 0.3) is 21.3 Å². The van der Waals surface area contributed by atoms with Crippen molar-refractivity contribution in [2.75, 3.05) is 24.6 Å². The van der Waals surface area contributed by atoms with Gasteiger partial charge >= 0.3 is 0 Å². The molecule has 4 aromatic rings. The number of hydrogen-bond acceptors (Lipinski definition) is 8. The van der Waals surface area contributed by atoms with Crippen LogP contribution in [0.2, 0.25) is 0 Å². The molecule has 1 fully saturated rings. The monoisotopic (exact) mass is 512 g/mol. The van der Waals surface area contributed by atoms with Gasteiger partial charge in [0.05, 0.1) is 46.8 Å². The van der Waals surface area contributed by atoms with E-state index in [2.05, 4.69) is 40.2 Å². The molecule has 5 heterocycles. The number of rotatable bonds is 4. The molecule has 0 amide bonds. The normalized spacial score (nSPS) is 18.4. The Labute approximate surface area is 219 Å². The number of aryl methyl sites for hydroxylation is 1. The van der Waals surface area contributed by atoms with Crippen molar-refractivity contribution >= 4 is 27.2 Å². The first-order chi connectivity index (χ1) is 17.8. The summed E-state index contributed by atoms with van der Waals surface area (Å²) in [6.07, 6.45) is 4.54. The van der Waals surface area contributed by atoms with Gasteiger partial charge in [-0.25, -0.2) is 4.68 Å². The molecule has 1 atom stereocenters. The van der Waals surface area contributed by atoms with Crippen molar-refractivity contribution in [3.63, 3.8) is 0 Å². The molecule has 37 heavy (non-hydrogen) atoms. The highest BCUT2D eigenvalue weighted by Crippen LogP contribution is 2.46. The minimum atomic E-state index is -0.123. The predicted molar refractivity (Wildman–Crippen MR) is 145 cm³/mol. The van der Waals surface area contributed by atoms with Crippen LogP contribution in [0.5, 0.6) is 5.75 Å². The highest BCUT2D eigenvalue weighted by Gasteiger charge is 2.37. The van der Waals surface area contributed by atoms with E-state index in [0.29, 0.717) is 24.8 Å². The lowest BCUT2D eigenvalue weighted by atomic mass is 9.96. The first-order valence-electron chi connectivity index (χ1n) is 12.5. The van der Waals surface area contributed by atoms with Gasteiger partial charge in [-0.2, -0.15) is 10.4 Å². The third-order valence-electron chi connectivity index (χ3n) is 7.15. The van der Waals surface area contributed by atoms with E-state index in [9.17, 15) is 10.1 Å². The summed E-state index contributed by atoms with van der Waals surface area (Å²) in [6, 6.07) is 12.1. The molecule has 1 saturated heterocycles. The highest BCUT2D eigenvalue weighted by atomic mass is 32.1. The van der Waals surface area contributed by atoms with E-state index in [1.54, 1.807) is 23.6 Å². The van der Waals surface area contributed by atoms with E-state index in [1.807, 2.05) is 37.4 Å². The predicted octanol–water partition coefficient (Wildman–Crippen LogP) is 4.09. The molecule has 0 bridgehead atoms. The third kappa shape index (κ3) is 4.37. The van der Waals surface area contributed by atoms with E-state index >= 15 is 0 Å². The number of nitriles is 1. The average Bonchev–Trinajstić information content (AvgIpc) is 3.46. The number of ether oxygens (including phenoxy) is 1. The van der Waals surface area contributed by atoms with Gasteiger partial charge in [0.25, 0.3) is 5.56 Å². The van der Waals surface area contributed by atoms with Crippen LogP contribution in [-0.4, -0.2) is 46.0 Å². The Bertz CT molecular complexity index is 1620. The van der Waals surface area contributed by atoms with Crippen LogP contribution in [0.1, 0.15) is 36.3 Å². The second-order valence-corrected chi connectivity index (χ2v) is 11.6. The van der Waals surface area contributed by atoms with Crippen LogP contribution in [0.15, 0.2) is 47.5 Å². The lowest BCUT2D eigenvalue weighted by molar-refractivity contribution is 0.300. The standard InChI is InChI=1S/C28H28N6O2S/c1-17-8-25(35)34(32-14-17)16-20-11-23-27(37-20)21(4-5-30-23)22-9-18(13-29)10-24-26(22)33(6-7-36-24)19-12-28(2,3)31-15-19/h4-5,8-11,14,19,31H,6-7,12,15-16H2,1-3H3/t19-/m0/s1. The number of aromatic nitrogens is 3. The summed E-state index contributed by atoms with van der Waals surface area (Å²) in [7, 11) is 0. The van der Waals surface area contributed by atoms with Gasteiger partial charge in [-0.05, 0) is 51.0 Å². The van der Waals surface area contributed by atoms with Gasteiger partial charge in [0.2, 0.25) is 0 Å². The van der Waals surface area contributed by atoms with Gasteiger partial charge in [-0.3, -0.25) is 9.78 Å². The summed E-state index contributed by atoms with van der Waals surface area (Å²) in [6.45, 7) is 9.00. The fraction of sp³-hybridized carbons (Fsp3) is 0.357. The molecule has 0 spiro atoms. The maximum atomic E-state index is 12.4. The SMILES string of the molecule is Cc1cnn(Cc2cc3nccc(-c4cc(C#N)cc5c4N([C@@H]4CNC(C)(C)C4)CCO5)c3s2)c(=O)c1. The third-order valence-corrected chi connectivity index (χ3v) is 8.29. The van der Waals surface area contributed by atoms with Gasteiger partial charge in [0, 0.05) is 52.5 Å². The van der Waals surface area contributed by atoms with E-state index < -0.39 is 0 Å². The molecular formula is C28H28N6O2S.